The Kier molecular flexibility index (Phi) is 4.75. The van der Waals surface area contributed by atoms with Gasteiger partial charge in [-0.3, -0.25) is 4.79 Å². The number of hydrogen-bond donors (Lipinski definition) is 0. The van der Waals surface area contributed by atoms with Crippen molar-refractivity contribution in [1.82, 2.24) is 0 Å². The minimum atomic E-state index is 0.125. The lowest BCUT2D eigenvalue weighted by Crippen LogP contribution is -1.99. The van der Waals surface area contributed by atoms with E-state index in [4.69, 9.17) is 0 Å². The summed E-state index contributed by atoms with van der Waals surface area (Å²) in [4.78, 5) is 21.7. The number of carbonyl (C=O) groups excluding carboxylic acids is 2. The topological polar surface area (TPSA) is 34.1 Å². The number of Topliss-reactive ketones (excluding diaryl/α,β-unsaturated/α-hetero) is 1. The molecule has 0 bridgehead atoms. The third kappa shape index (κ3) is 3.66. The molecule has 0 aliphatic heterocycles. The van der Waals surface area contributed by atoms with Crippen molar-refractivity contribution in [1.29, 1.82) is 0 Å². The fourth-order valence-electron chi connectivity index (χ4n) is 1.42. The van der Waals surface area contributed by atoms with E-state index < -0.39 is 0 Å². The van der Waals surface area contributed by atoms with Gasteiger partial charge in [-0.25, -0.2) is 0 Å². The predicted molar refractivity (Wildman–Crippen MR) is 60.1 cm³/mol. The zero-order valence-corrected chi connectivity index (χ0v) is 9.03. The normalized spacial score (nSPS) is 9.93. The largest absolute Gasteiger partial charge is 0.303 e. The van der Waals surface area contributed by atoms with Crippen LogP contribution in [0.3, 0.4) is 0 Å². The molecule has 0 fully saturated rings. The van der Waals surface area contributed by atoms with Crippen LogP contribution < -0.4 is 0 Å². The van der Waals surface area contributed by atoms with E-state index >= 15 is 0 Å². The molecule has 0 saturated heterocycles. The minimum absolute atomic E-state index is 0.125. The second-order valence-electron chi connectivity index (χ2n) is 3.53. The summed E-state index contributed by atoms with van der Waals surface area (Å²) < 4.78 is 0. The van der Waals surface area contributed by atoms with Crippen molar-refractivity contribution in [2.45, 2.75) is 32.6 Å². The maximum Gasteiger partial charge on any atom is 0.162 e. The highest BCUT2D eigenvalue weighted by Crippen LogP contribution is 2.09. The summed E-state index contributed by atoms with van der Waals surface area (Å²) in [5, 5.41) is 0. The Morgan fingerprint density at radius 1 is 1.27 bits per heavy atom. The Labute approximate surface area is 90.3 Å². The first-order chi connectivity index (χ1) is 7.27. The number of ketones is 1. The maximum atomic E-state index is 11.6. The van der Waals surface area contributed by atoms with Crippen molar-refractivity contribution in [2.75, 3.05) is 0 Å². The molecule has 0 amide bonds. The number of carbonyl (C=O) groups is 2. The molecular formula is C13H16O2. The van der Waals surface area contributed by atoms with Gasteiger partial charge < -0.3 is 4.79 Å². The summed E-state index contributed by atoms with van der Waals surface area (Å²) >= 11 is 0. The Hall–Kier alpha value is -1.44. The van der Waals surface area contributed by atoms with Gasteiger partial charge in [0, 0.05) is 18.4 Å². The van der Waals surface area contributed by atoms with Crippen molar-refractivity contribution >= 4 is 12.1 Å². The number of benzene rings is 1. The van der Waals surface area contributed by atoms with Crippen LogP contribution in [0.25, 0.3) is 0 Å². The molecule has 0 aliphatic carbocycles. The Balaban J connectivity index is 2.54. The molecule has 80 valence electrons. The van der Waals surface area contributed by atoms with Gasteiger partial charge in [0.15, 0.2) is 5.78 Å². The molecule has 0 spiro atoms. The predicted octanol–water partition coefficient (Wildman–Crippen LogP) is 2.80. The molecule has 15 heavy (non-hydrogen) atoms. The van der Waals surface area contributed by atoms with E-state index in [-0.39, 0.29) is 5.78 Å². The van der Waals surface area contributed by atoms with Crippen LogP contribution in [0.2, 0.25) is 0 Å². The first-order valence-electron chi connectivity index (χ1n) is 5.33. The summed E-state index contributed by atoms with van der Waals surface area (Å²) in [6.45, 7) is 2.08. The van der Waals surface area contributed by atoms with Gasteiger partial charge in [0.1, 0.15) is 6.29 Å². The summed E-state index contributed by atoms with van der Waals surface area (Å²) in [5.74, 6) is 0.125. The smallest absolute Gasteiger partial charge is 0.162 e. The summed E-state index contributed by atoms with van der Waals surface area (Å²) in [6, 6.07) is 7.68. The quantitative estimate of drug-likeness (QED) is 0.405. The second kappa shape index (κ2) is 6.12. The van der Waals surface area contributed by atoms with Gasteiger partial charge in [0.25, 0.3) is 0 Å². The van der Waals surface area contributed by atoms with Crippen LogP contribution in [0.5, 0.6) is 0 Å². The first-order valence-corrected chi connectivity index (χ1v) is 5.33. The molecule has 0 heterocycles. The summed E-state index contributed by atoms with van der Waals surface area (Å²) in [7, 11) is 0. The van der Waals surface area contributed by atoms with Crippen LogP contribution in [0.4, 0.5) is 0 Å². The van der Waals surface area contributed by atoms with Crippen molar-refractivity contribution in [3.63, 3.8) is 0 Å². The monoisotopic (exact) mass is 204 g/mol. The van der Waals surface area contributed by atoms with Crippen LogP contribution in [0.1, 0.15) is 42.1 Å². The van der Waals surface area contributed by atoms with Gasteiger partial charge in [-0.15, -0.1) is 0 Å². The average molecular weight is 204 g/mol. The lowest BCUT2D eigenvalue weighted by Gasteiger charge is -2.01. The summed E-state index contributed by atoms with van der Waals surface area (Å²) in [5.41, 5.74) is 1.98. The number of unbranched alkanes of at least 4 members (excludes halogenated alkanes) is 1. The lowest BCUT2D eigenvalue weighted by molar-refractivity contribution is -0.107. The molecule has 1 aromatic rings. The van der Waals surface area contributed by atoms with Gasteiger partial charge >= 0.3 is 0 Å². The fourth-order valence-corrected chi connectivity index (χ4v) is 1.42. The molecule has 0 saturated carbocycles. The van der Waals surface area contributed by atoms with E-state index in [2.05, 4.69) is 6.92 Å². The summed E-state index contributed by atoms with van der Waals surface area (Å²) in [6.07, 6.45) is 3.42. The first kappa shape index (κ1) is 11.6. The molecule has 0 aliphatic rings. The van der Waals surface area contributed by atoms with Crippen molar-refractivity contribution < 1.29 is 9.59 Å². The van der Waals surface area contributed by atoms with Crippen LogP contribution in [-0.2, 0) is 11.2 Å². The Morgan fingerprint density at radius 3 is 2.47 bits per heavy atom. The van der Waals surface area contributed by atoms with Gasteiger partial charge in [0.2, 0.25) is 0 Å². The van der Waals surface area contributed by atoms with Crippen LogP contribution in [-0.4, -0.2) is 12.1 Å². The van der Waals surface area contributed by atoms with Crippen molar-refractivity contribution in [2.24, 2.45) is 0 Å². The molecule has 1 rings (SSSR count). The van der Waals surface area contributed by atoms with Crippen molar-refractivity contribution in [3.8, 4) is 0 Å². The molecular weight excluding hydrogens is 188 g/mol. The standard InChI is InChI=1S/C13H16O2/c1-2-11-6-8-12(9-7-11)13(15)5-3-4-10-14/h6-10H,2-5H2,1H3. The molecule has 1 aromatic carbocycles. The van der Waals surface area contributed by atoms with E-state index in [0.29, 0.717) is 19.3 Å². The number of aryl methyl sites for hydroxylation is 1. The molecule has 0 N–H and O–H groups in total. The van der Waals surface area contributed by atoms with Crippen LogP contribution in [0.15, 0.2) is 24.3 Å². The number of aldehydes is 1. The van der Waals surface area contributed by atoms with Gasteiger partial charge in [0.05, 0.1) is 0 Å². The fraction of sp³-hybridized carbons (Fsp3) is 0.385. The highest BCUT2D eigenvalue weighted by atomic mass is 16.1. The number of hydrogen-bond acceptors (Lipinski definition) is 2. The van der Waals surface area contributed by atoms with Gasteiger partial charge in [-0.2, -0.15) is 0 Å². The third-order valence-corrected chi connectivity index (χ3v) is 2.41. The number of rotatable bonds is 6. The lowest BCUT2D eigenvalue weighted by atomic mass is 10.0. The highest BCUT2D eigenvalue weighted by molar-refractivity contribution is 5.96. The molecule has 0 aromatic heterocycles. The zero-order valence-electron chi connectivity index (χ0n) is 9.03. The highest BCUT2D eigenvalue weighted by Gasteiger charge is 2.04. The van der Waals surface area contributed by atoms with E-state index in [1.165, 1.54) is 5.56 Å². The second-order valence-corrected chi connectivity index (χ2v) is 3.53. The molecule has 2 heteroatoms. The Morgan fingerprint density at radius 2 is 1.93 bits per heavy atom. The SMILES string of the molecule is CCc1ccc(C(=O)CCCC=O)cc1. The Bertz CT molecular complexity index is 325. The minimum Gasteiger partial charge on any atom is -0.303 e. The zero-order chi connectivity index (χ0) is 11.1. The van der Waals surface area contributed by atoms with E-state index in [0.717, 1.165) is 18.3 Å². The average Bonchev–Trinajstić information content (AvgIpc) is 2.29. The van der Waals surface area contributed by atoms with Gasteiger partial charge in [-0.1, -0.05) is 31.2 Å². The molecule has 0 unspecified atom stereocenters. The van der Waals surface area contributed by atoms with E-state index in [1.54, 1.807) is 0 Å². The van der Waals surface area contributed by atoms with Crippen molar-refractivity contribution in [3.05, 3.63) is 35.4 Å². The van der Waals surface area contributed by atoms with E-state index in [9.17, 15) is 9.59 Å². The molecule has 0 atom stereocenters. The van der Waals surface area contributed by atoms with E-state index in [1.807, 2.05) is 24.3 Å². The van der Waals surface area contributed by atoms with Crippen LogP contribution >= 0.6 is 0 Å². The molecule has 2 nitrogen and oxygen atoms in total. The van der Waals surface area contributed by atoms with Gasteiger partial charge in [-0.05, 0) is 18.4 Å². The molecule has 0 radical (unpaired) electrons. The maximum absolute atomic E-state index is 11.6. The van der Waals surface area contributed by atoms with Crippen LogP contribution in [0, 0.1) is 0 Å². The third-order valence-electron chi connectivity index (χ3n) is 2.41.